The van der Waals surface area contributed by atoms with Crippen LogP contribution in [0.3, 0.4) is 0 Å². The summed E-state index contributed by atoms with van der Waals surface area (Å²) in [6, 6.07) is 6.54. The molecule has 0 saturated carbocycles. The van der Waals surface area contributed by atoms with Crippen molar-refractivity contribution in [1.82, 2.24) is 20.2 Å². The number of nitrogens with one attached hydrogen (secondary N) is 2. The van der Waals surface area contributed by atoms with Crippen LogP contribution >= 0.6 is 0 Å². The average Bonchev–Trinajstić information content (AvgIpc) is 3.13. The van der Waals surface area contributed by atoms with E-state index >= 15 is 0 Å². The van der Waals surface area contributed by atoms with Crippen molar-refractivity contribution in [3.63, 3.8) is 0 Å². The number of hydrogen-bond acceptors (Lipinski definition) is 5. The van der Waals surface area contributed by atoms with E-state index in [-0.39, 0.29) is 13.0 Å². The van der Waals surface area contributed by atoms with Crippen molar-refractivity contribution in [3.8, 4) is 5.75 Å². The number of imidazole rings is 1. The highest BCUT2D eigenvalue weighted by molar-refractivity contribution is 5.97. The van der Waals surface area contributed by atoms with Crippen molar-refractivity contribution in [2.75, 3.05) is 20.2 Å². The number of amides is 2. The summed E-state index contributed by atoms with van der Waals surface area (Å²) in [4.78, 5) is 27.6. The second-order valence-electron chi connectivity index (χ2n) is 6.53. The molecule has 1 aromatic heterocycles. The van der Waals surface area contributed by atoms with E-state index in [4.69, 9.17) is 4.74 Å². The number of para-hydroxylation sites is 1. The van der Waals surface area contributed by atoms with E-state index in [1.54, 1.807) is 24.3 Å². The molecule has 8 nitrogen and oxygen atoms in total. The maximum atomic E-state index is 13.4. The van der Waals surface area contributed by atoms with Gasteiger partial charge in [-0.05, 0) is 12.1 Å². The standard InChI is InChI=1S/C19H23F3N4O4/c1-26-12-11-25-17(26)18(29,19(20,21)22)8-10-23-15(27)7-9-24-16(28)13-5-3-4-6-14(13)30-2/h3-6,11-12,29H,7-10H2,1-2H3,(H,23,27)(H,24,28)/t18-/m1/s1. The van der Waals surface area contributed by atoms with Gasteiger partial charge in [-0.1, -0.05) is 12.1 Å². The Hall–Kier alpha value is -3.08. The molecule has 0 radical (unpaired) electrons. The number of hydrogen-bond donors (Lipinski definition) is 3. The van der Waals surface area contributed by atoms with Gasteiger partial charge in [0.1, 0.15) is 11.6 Å². The van der Waals surface area contributed by atoms with Gasteiger partial charge in [-0.3, -0.25) is 9.59 Å². The molecule has 2 amide bonds. The summed E-state index contributed by atoms with van der Waals surface area (Å²) in [6.45, 7) is -0.451. The number of aryl methyl sites for hydroxylation is 1. The molecule has 0 saturated heterocycles. The topological polar surface area (TPSA) is 105 Å². The SMILES string of the molecule is COc1ccccc1C(=O)NCCC(=O)NCC[C@@](O)(c1nccn1C)C(F)(F)F. The minimum atomic E-state index is -4.97. The van der Waals surface area contributed by atoms with Crippen LogP contribution in [0.2, 0.25) is 0 Å². The lowest BCUT2D eigenvalue weighted by molar-refractivity contribution is -0.272. The number of halogens is 3. The Bertz CT molecular complexity index is 885. The van der Waals surface area contributed by atoms with E-state index in [1.165, 1.54) is 20.4 Å². The zero-order chi connectivity index (χ0) is 22.4. The maximum absolute atomic E-state index is 13.4. The molecule has 0 spiro atoms. The lowest BCUT2D eigenvalue weighted by atomic mass is 9.97. The molecule has 1 atom stereocenters. The molecule has 0 bridgehead atoms. The van der Waals surface area contributed by atoms with E-state index in [0.29, 0.717) is 11.3 Å². The van der Waals surface area contributed by atoms with Crippen LogP contribution in [0, 0.1) is 0 Å². The number of carbonyl (C=O) groups excluding carboxylic acids is 2. The summed E-state index contributed by atoms with van der Waals surface area (Å²) >= 11 is 0. The summed E-state index contributed by atoms with van der Waals surface area (Å²) in [5, 5.41) is 15.1. The van der Waals surface area contributed by atoms with Crippen molar-refractivity contribution in [3.05, 3.63) is 48.0 Å². The molecule has 3 N–H and O–H groups in total. The molecule has 0 aliphatic rings. The Balaban J connectivity index is 1.84. The second-order valence-corrected chi connectivity index (χ2v) is 6.53. The Morgan fingerprint density at radius 2 is 1.90 bits per heavy atom. The average molecular weight is 428 g/mol. The maximum Gasteiger partial charge on any atom is 0.424 e. The predicted molar refractivity (Wildman–Crippen MR) is 101 cm³/mol. The van der Waals surface area contributed by atoms with Gasteiger partial charge in [0.05, 0.1) is 12.7 Å². The first kappa shape index (κ1) is 23.2. The summed E-state index contributed by atoms with van der Waals surface area (Å²) in [5.41, 5.74) is -2.90. The van der Waals surface area contributed by atoms with Gasteiger partial charge in [0.15, 0.2) is 0 Å². The van der Waals surface area contributed by atoms with Crippen molar-refractivity contribution in [2.24, 2.45) is 7.05 Å². The van der Waals surface area contributed by atoms with Crippen LogP contribution < -0.4 is 15.4 Å². The van der Waals surface area contributed by atoms with Crippen molar-refractivity contribution < 1.29 is 32.6 Å². The smallest absolute Gasteiger partial charge is 0.424 e. The van der Waals surface area contributed by atoms with Crippen LogP contribution in [0.4, 0.5) is 13.2 Å². The molecule has 2 rings (SSSR count). The third kappa shape index (κ3) is 5.29. The third-order valence-corrected chi connectivity index (χ3v) is 4.46. The predicted octanol–water partition coefficient (Wildman–Crippen LogP) is 1.50. The summed E-state index contributed by atoms with van der Waals surface area (Å²) < 4.78 is 46.4. The van der Waals surface area contributed by atoms with Crippen LogP contribution in [-0.2, 0) is 17.4 Å². The molecule has 0 aliphatic heterocycles. The fraction of sp³-hybridized carbons (Fsp3) is 0.421. The first-order chi connectivity index (χ1) is 14.1. The molecule has 2 aromatic rings. The van der Waals surface area contributed by atoms with Gasteiger partial charge < -0.3 is 25.0 Å². The fourth-order valence-electron chi connectivity index (χ4n) is 2.83. The number of benzene rings is 1. The molecule has 0 unspecified atom stereocenters. The number of ether oxygens (including phenoxy) is 1. The van der Waals surface area contributed by atoms with Crippen molar-refractivity contribution in [2.45, 2.75) is 24.6 Å². The highest BCUT2D eigenvalue weighted by Gasteiger charge is 2.57. The number of methoxy groups -OCH3 is 1. The van der Waals surface area contributed by atoms with E-state index in [9.17, 15) is 27.9 Å². The molecule has 164 valence electrons. The van der Waals surface area contributed by atoms with Crippen molar-refractivity contribution >= 4 is 11.8 Å². The summed E-state index contributed by atoms with van der Waals surface area (Å²) in [5.74, 6) is -1.20. The Labute approximate surface area is 171 Å². The molecule has 1 heterocycles. The Kier molecular flexibility index (Phi) is 7.43. The lowest BCUT2D eigenvalue weighted by Crippen LogP contribution is -2.46. The number of nitrogens with zero attached hydrogens (tertiary/aromatic N) is 2. The minimum absolute atomic E-state index is 0.0222. The highest BCUT2D eigenvalue weighted by Crippen LogP contribution is 2.40. The van der Waals surface area contributed by atoms with E-state index in [1.807, 2.05) is 0 Å². The molecule has 1 aromatic carbocycles. The Morgan fingerprint density at radius 3 is 2.50 bits per heavy atom. The molecule has 0 aliphatic carbocycles. The lowest BCUT2D eigenvalue weighted by Gasteiger charge is -2.30. The molecule has 0 fully saturated rings. The van der Waals surface area contributed by atoms with Crippen molar-refractivity contribution in [1.29, 1.82) is 0 Å². The van der Waals surface area contributed by atoms with Crippen LogP contribution in [0.25, 0.3) is 0 Å². The van der Waals surface area contributed by atoms with Gasteiger partial charge >= 0.3 is 6.18 Å². The van der Waals surface area contributed by atoms with Crippen LogP contribution in [0.15, 0.2) is 36.7 Å². The van der Waals surface area contributed by atoms with Gasteiger partial charge in [-0.15, -0.1) is 0 Å². The van der Waals surface area contributed by atoms with Gasteiger partial charge in [0.25, 0.3) is 5.91 Å². The number of carbonyl (C=O) groups is 2. The molecular weight excluding hydrogens is 405 g/mol. The molecular formula is C19H23F3N4O4. The zero-order valence-corrected chi connectivity index (χ0v) is 16.5. The van der Waals surface area contributed by atoms with Gasteiger partial charge in [0, 0.05) is 45.4 Å². The summed E-state index contributed by atoms with van der Waals surface area (Å²) in [7, 11) is 2.76. The van der Waals surface area contributed by atoms with Crippen LogP contribution in [0.5, 0.6) is 5.75 Å². The fourth-order valence-corrected chi connectivity index (χ4v) is 2.83. The largest absolute Gasteiger partial charge is 0.496 e. The first-order valence-electron chi connectivity index (χ1n) is 9.05. The van der Waals surface area contributed by atoms with Gasteiger partial charge in [0.2, 0.25) is 11.5 Å². The van der Waals surface area contributed by atoms with Gasteiger partial charge in [-0.25, -0.2) is 4.98 Å². The first-order valence-corrected chi connectivity index (χ1v) is 9.05. The normalized spacial score (nSPS) is 13.4. The number of rotatable bonds is 9. The minimum Gasteiger partial charge on any atom is -0.496 e. The number of aliphatic hydroxyl groups is 1. The Morgan fingerprint density at radius 1 is 1.20 bits per heavy atom. The zero-order valence-electron chi connectivity index (χ0n) is 16.5. The molecule has 11 heteroatoms. The van der Waals surface area contributed by atoms with Crippen LogP contribution in [0.1, 0.15) is 29.0 Å². The monoisotopic (exact) mass is 428 g/mol. The van der Waals surface area contributed by atoms with Gasteiger partial charge in [-0.2, -0.15) is 13.2 Å². The van der Waals surface area contributed by atoms with Crippen LogP contribution in [-0.4, -0.2) is 52.8 Å². The van der Waals surface area contributed by atoms with E-state index in [2.05, 4.69) is 15.6 Å². The van der Waals surface area contributed by atoms with E-state index < -0.39 is 42.4 Å². The quantitative estimate of drug-likeness (QED) is 0.562. The number of aromatic nitrogens is 2. The highest BCUT2D eigenvalue weighted by atomic mass is 19.4. The third-order valence-electron chi connectivity index (χ3n) is 4.46. The summed E-state index contributed by atoms with van der Waals surface area (Å²) in [6.07, 6.45) is -3.49. The van der Waals surface area contributed by atoms with E-state index in [0.717, 1.165) is 10.8 Å². The number of alkyl halides is 3. The second kappa shape index (κ2) is 9.61. The molecule has 30 heavy (non-hydrogen) atoms.